The van der Waals surface area contributed by atoms with Crippen LogP contribution in [0, 0.1) is 0 Å². The summed E-state index contributed by atoms with van der Waals surface area (Å²) in [6.45, 7) is 0. The molecular formula is C16H14F3N5O3. The molecule has 1 amide bonds. The van der Waals surface area contributed by atoms with Gasteiger partial charge in [-0.25, -0.2) is 4.79 Å². The molecule has 27 heavy (non-hydrogen) atoms. The average molecular weight is 381 g/mol. The number of carbonyl (C=O) groups excluding carboxylic acids is 1. The third-order valence-electron chi connectivity index (χ3n) is 4.18. The smallest absolute Gasteiger partial charge is 0.307 e. The molecule has 1 N–H and O–H groups in total. The highest BCUT2D eigenvalue weighted by atomic mass is 19.4. The Labute approximate surface area is 149 Å². The molecule has 0 aliphatic carbocycles. The van der Waals surface area contributed by atoms with Crippen LogP contribution in [0.3, 0.4) is 0 Å². The second-order valence-corrected chi connectivity index (χ2v) is 5.87. The zero-order valence-corrected chi connectivity index (χ0v) is 14.5. The standard InChI is InChI=1S/C16H14F3N5O3/c1-22-10-11(23(2)15(27)24(3)13(10)26)20-14(22)21-12(25)8-6-4-5-7-9(8)16(17,18)19/h4-7H,1-3H3,(H,20,21,25). The van der Waals surface area contributed by atoms with Crippen molar-refractivity contribution in [1.82, 2.24) is 18.7 Å². The lowest BCUT2D eigenvalue weighted by atomic mass is 10.1. The molecule has 11 heteroatoms. The number of imidazole rings is 1. The number of hydrogen-bond donors (Lipinski definition) is 1. The molecule has 0 aliphatic rings. The molecule has 1 aromatic carbocycles. The highest BCUT2D eigenvalue weighted by molar-refractivity contribution is 6.05. The van der Waals surface area contributed by atoms with Gasteiger partial charge in [-0.1, -0.05) is 12.1 Å². The molecule has 0 unspecified atom stereocenters. The van der Waals surface area contributed by atoms with Crippen LogP contribution in [-0.4, -0.2) is 24.6 Å². The number of nitrogens with zero attached hydrogens (tertiary/aromatic N) is 4. The van der Waals surface area contributed by atoms with Gasteiger partial charge < -0.3 is 4.57 Å². The summed E-state index contributed by atoms with van der Waals surface area (Å²) in [6.07, 6.45) is -4.71. The van der Waals surface area contributed by atoms with Crippen LogP contribution >= 0.6 is 0 Å². The van der Waals surface area contributed by atoms with E-state index in [2.05, 4.69) is 10.3 Å². The second kappa shape index (κ2) is 6.11. The molecule has 2 heterocycles. The van der Waals surface area contributed by atoms with E-state index in [0.29, 0.717) is 0 Å². The molecule has 0 saturated heterocycles. The molecule has 2 aromatic heterocycles. The first kappa shape index (κ1) is 18.4. The predicted octanol–water partition coefficient (Wildman–Crippen LogP) is 1.24. The summed E-state index contributed by atoms with van der Waals surface area (Å²) in [5.41, 5.74) is -2.90. The third-order valence-corrected chi connectivity index (χ3v) is 4.18. The van der Waals surface area contributed by atoms with Crippen LogP contribution in [0.5, 0.6) is 0 Å². The summed E-state index contributed by atoms with van der Waals surface area (Å²) in [7, 11) is 4.09. The number of nitrogens with one attached hydrogen (secondary N) is 1. The third kappa shape index (κ3) is 2.90. The van der Waals surface area contributed by atoms with Gasteiger partial charge in [-0.2, -0.15) is 18.2 Å². The van der Waals surface area contributed by atoms with E-state index >= 15 is 0 Å². The second-order valence-electron chi connectivity index (χ2n) is 5.87. The Balaban J connectivity index is 2.12. The van der Waals surface area contributed by atoms with Gasteiger partial charge in [0.1, 0.15) is 0 Å². The summed E-state index contributed by atoms with van der Waals surface area (Å²) >= 11 is 0. The van der Waals surface area contributed by atoms with Crippen molar-refractivity contribution < 1.29 is 18.0 Å². The Morgan fingerprint density at radius 1 is 1.04 bits per heavy atom. The van der Waals surface area contributed by atoms with Crippen LogP contribution in [0.25, 0.3) is 11.2 Å². The molecule has 0 aliphatic heterocycles. The summed E-state index contributed by atoms with van der Waals surface area (Å²) < 4.78 is 42.5. The minimum absolute atomic E-state index is 0.00464. The maximum absolute atomic E-state index is 13.1. The summed E-state index contributed by atoms with van der Waals surface area (Å²) in [6, 6.07) is 4.31. The lowest BCUT2D eigenvalue weighted by molar-refractivity contribution is -0.137. The Bertz CT molecular complexity index is 1190. The molecule has 0 bridgehead atoms. The Kier molecular flexibility index (Phi) is 4.17. The van der Waals surface area contributed by atoms with Gasteiger partial charge in [0.25, 0.3) is 11.5 Å². The number of carbonyl (C=O) groups is 1. The number of amides is 1. The fourth-order valence-corrected chi connectivity index (χ4v) is 2.73. The molecule has 3 aromatic rings. The van der Waals surface area contributed by atoms with E-state index < -0.39 is 34.5 Å². The molecule has 8 nitrogen and oxygen atoms in total. The highest BCUT2D eigenvalue weighted by Crippen LogP contribution is 2.32. The van der Waals surface area contributed by atoms with E-state index in [4.69, 9.17) is 0 Å². The number of hydrogen-bond acceptors (Lipinski definition) is 4. The van der Waals surface area contributed by atoms with Crippen molar-refractivity contribution in [2.45, 2.75) is 6.18 Å². The Morgan fingerprint density at radius 2 is 1.67 bits per heavy atom. The lowest BCUT2D eigenvalue weighted by Gasteiger charge is -2.12. The average Bonchev–Trinajstić information content (AvgIpc) is 2.94. The van der Waals surface area contributed by atoms with Crippen LogP contribution in [0.2, 0.25) is 0 Å². The van der Waals surface area contributed by atoms with Crippen LogP contribution in [-0.2, 0) is 27.3 Å². The van der Waals surface area contributed by atoms with E-state index in [-0.39, 0.29) is 17.1 Å². The fraction of sp³-hybridized carbons (Fsp3) is 0.250. The molecule has 0 radical (unpaired) electrons. The Morgan fingerprint density at radius 3 is 2.30 bits per heavy atom. The number of benzene rings is 1. The van der Waals surface area contributed by atoms with Crippen molar-refractivity contribution in [3.63, 3.8) is 0 Å². The van der Waals surface area contributed by atoms with E-state index in [1.165, 1.54) is 37.8 Å². The fourth-order valence-electron chi connectivity index (χ4n) is 2.73. The first-order chi connectivity index (χ1) is 12.5. The minimum atomic E-state index is -4.71. The van der Waals surface area contributed by atoms with Crippen LogP contribution in [0.4, 0.5) is 19.1 Å². The summed E-state index contributed by atoms with van der Waals surface area (Å²) in [5, 5.41) is 2.27. The quantitative estimate of drug-likeness (QED) is 0.723. The normalized spacial score (nSPS) is 11.8. The van der Waals surface area contributed by atoms with Gasteiger partial charge in [0.2, 0.25) is 5.95 Å². The van der Waals surface area contributed by atoms with Crippen LogP contribution < -0.4 is 16.6 Å². The van der Waals surface area contributed by atoms with E-state index in [0.717, 1.165) is 21.3 Å². The van der Waals surface area contributed by atoms with Crippen molar-refractivity contribution in [2.75, 3.05) is 5.32 Å². The van der Waals surface area contributed by atoms with Gasteiger partial charge in [-0.05, 0) is 12.1 Å². The number of aromatic nitrogens is 4. The van der Waals surface area contributed by atoms with Gasteiger partial charge in [0.05, 0.1) is 11.1 Å². The topological polar surface area (TPSA) is 90.9 Å². The molecule has 142 valence electrons. The summed E-state index contributed by atoms with van der Waals surface area (Å²) in [4.78, 5) is 40.7. The van der Waals surface area contributed by atoms with Gasteiger partial charge >= 0.3 is 11.9 Å². The van der Waals surface area contributed by atoms with E-state index in [1.54, 1.807) is 0 Å². The number of aryl methyl sites for hydroxylation is 2. The molecule has 0 fully saturated rings. The van der Waals surface area contributed by atoms with Crippen LogP contribution in [0.15, 0.2) is 33.9 Å². The molecule has 0 saturated carbocycles. The van der Waals surface area contributed by atoms with Gasteiger partial charge in [0.15, 0.2) is 11.2 Å². The number of rotatable bonds is 2. The number of anilines is 1. The maximum atomic E-state index is 13.1. The number of fused-ring (bicyclic) bond motifs is 1. The lowest BCUT2D eigenvalue weighted by Crippen LogP contribution is -2.37. The van der Waals surface area contributed by atoms with Gasteiger partial charge in [0, 0.05) is 21.1 Å². The number of halogens is 3. The molecular weight excluding hydrogens is 367 g/mol. The van der Waals surface area contributed by atoms with E-state index in [9.17, 15) is 27.6 Å². The largest absolute Gasteiger partial charge is 0.417 e. The zero-order chi connectivity index (χ0) is 20.1. The predicted molar refractivity (Wildman–Crippen MR) is 90.6 cm³/mol. The molecule has 0 spiro atoms. The minimum Gasteiger partial charge on any atom is -0.307 e. The monoisotopic (exact) mass is 381 g/mol. The van der Waals surface area contributed by atoms with Crippen molar-refractivity contribution in [2.24, 2.45) is 21.1 Å². The molecule has 3 rings (SSSR count). The van der Waals surface area contributed by atoms with Gasteiger partial charge in [-0.3, -0.25) is 24.0 Å². The SMILES string of the molecule is Cn1c(=O)c2c(nc(NC(=O)c3ccccc3C(F)(F)F)n2C)n(C)c1=O. The summed E-state index contributed by atoms with van der Waals surface area (Å²) in [5.74, 6) is -1.20. The van der Waals surface area contributed by atoms with Crippen molar-refractivity contribution in [1.29, 1.82) is 0 Å². The van der Waals surface area contributed by atoms with Crippen molar-refractivity contribution >= 4 is 23.0 Å². The van der Waals surface area contributed by atoms with Crippen molar-refractivity contribution in [3.05, 3.63) is 56.2 Å². The highest BCUT2D eigenvalue weighted by Gasteiger charge is 2.35. The van der Waals surface area contributed by atoms with Gasteiger partial charge in [-0.15, -0.1) is 0 Å². The first-order valence-corrected chi connectivity index (χ1v) is 7.64. The first-order valence-electron chi connectivity index (χ1n) is 7.64. The zero-order valence-electron chi connectivity index (χ0n) is 14.5. The number of alkyl halides is 3. The van der Waals surface area contributed by atoms with E-state index in [1.807, 2.05) is 0 Å². The van der Waals surface area contributed by atoms with Crippen molar-refractivity contribution in [3.8, 4) is 0 Å². The maximum Gasteiger partial charge on any atom is 0.417 e. The Hall–Kier alpha value is -3.37. The van der Waals surface area contributed by atoms with Crippen LogP contribution in [0.1, 0.15) is 15.9 Å². The molecule has 0 atom stereocenters.